The predicted octanol–water partition coefficient (Wildman–Crippen LogP) is 2.39. The molecule has 1 aliphatic rings. The molecule has 3 aromatic rings. The van der Waals surface area contributed by atoms with Gasteiger partial charge in [0.25, 0.3) is 0 Å². The second-order valence-electron chi connectivity index (χ2n) is 7.07. The van der Waals surface area contributed by atoms with Crippen LogP contribution >= 0.6 is 0 Å². The van der Waals surface area contributed by atoms with Crippen molar-refractivity contribution in [2.75, 3.05) is 26.7 Å². The van der Waals surface area contributed by atoms with Crippen LogP contribution in [0, 0.1) is 0 Å². The van der Waals surface area contributed by atoms with E-state index in [0.29, 0.717) is 6.54 Å². The molecule has 1 atom stereocenters. The summed E-state index contributed by atoms with van der Waals surface area (Å²) in [6.07, 6.45) is 2.40. The fraction of sp³-hybridized carbons (Fsp3) is 0.381. The van der Waals surface area contributed by atoms with Crippen LogP contribution in [0.2, 0.25) is 0 Å². The first kappa shape index (κ1) is 18.4. The van der Waals surface area contributed by atoms with E-state index in [1.54, 1.807) is 11.8 Å². The van der Waals surface area contributed by atoms with E-state index in [9.17, 15) is 4.79 Å². The highest BCUT2D eigenvalue weighted by atomic mass is 16.5. The van der Waals surface area contributed by atoms with Crippen LogP contribution in [0.4, 0.5) is 0 Å². The van der Waals surface area contributed by atoms with Crippen LogP contribution in [0.5, 0.6) is 5.75 Å². The lowest BCUT2D eigenvalue weighted by Gasteiger charge is -2.28. The summed E-state index contributed by atoms with van der Waals surface area (Å²) >= 11 is 0. The van der Waals surface area contributed by atoms with E-state index in [1.165, 1.54) is 18.4 Å². The normalized spacial score (nSPS) is 15.6. The lowest BCUT2D eigenvalue weighted by atomic mass is 10.1. The number of rotatable bonds is 7. The van der Waals surface area contributed by atoms with Crippen molar-refractivity contribution in [1.29, 1.82) is 0 Å². The average Bonchev–Trinajstić information content (AvgIpc) is 3.40. The van der Waals surface area contributed by atoms with Gasteiger partial charge in [0.1, 0.15) is 17.8 Å². The number of amides is 1. The molecule has 7 nitrogen and oxygen atoms in total. The third kappa shape index (κ3) is 3.99. The van der Waals surface area contributed by atoms with Crippen LogP contribution in [0.15, 0.2) is 48.5 Å². The van der Waals surface area contributed by atoms with Crippen molar-refractivity contribution in [3.05, 3.63) is 54.1 Å². The highest BCUT2D eigenvalue weighted by molar-refractivity contribution is 5.79. The molecule has 0 radical (unpaired) electrons. The SMILES string of the molecule is COc1ccc([C@H](CNC(=O)Cn2nnc3ccccc32)N2CCCC2)cc1. The number of hydrogen-bond donors (Lipinski definition) is 1. The molecular formula is C21H25N5O2. The molecule has 0 unspecified atom stereocenters. The summed E-state index contributed by atoms with van der Waals surface area (Å²) in [5.41, 5.74) is 2.85. The largest absolute Gasteiger partial charge is 0.497 e. The molecule has 1 aliphatic heterocycles. The van der Waals surface area contributed by atoms with Gasteiger partial charge in [-0.15, -0.1) is 5.10 Å². The standard InChI is InChI=1S/C21H25N5O2/c1-28-17-10-8-16(9-11-17)20(25-12-4-5-13-25)14-22-21(27)15-26-19-7-3-2-6-18(19)23-24-26/h2-3,6-11,20H,4-5,12-15H2,1H3,(H,22,27)/t20-/m0/s1. The summed E-state index contributed by atoms with van der Waals surface area (Å²) in [5, 5.41) is 11.3. The Hall–Kier alpha value is -2.93. The van der Waals surface area contributed by atoms with Gasteiger partial charge in [0, 0.05) is 6.54 Å². The van der Waals surface area contributed by atoms with Gasteiger partial charge < -0.3 is 10.1 Å². The van der Waals surface area contributed by atoms with Crippen LogP contribution in [-0.2, 0) is 11.3 Å². The highest BCUT2D eigenvalue weighted by Gasteiger charge is 2.24. The van der Waals surface area contributed by atoms with Crippen molar-refractivity contribution in [3.63, 3.8) is 0 Å². The van der Waals surface area contributed by atoms with Crippen molar-refractivity contribution in [3.8, 4) is 5.75 Å². The van der Waals surface area contributed by atoms with E-state index >= 15 is 0 Å². The molecule has 0 bridgehead atoms. The summed E-state index contributed by atoms with van der Waals surface area (Å²) in [6.45, 7) is 2.84. The zero-order valence-electron chi connectivity index (χ0n) is 16.0. The van der Waals surface area contributed by atoms with E-state index in [1.807, 2.05) is 36.4 Å². The lowest BCUT2D eigenvalue weighted by Crippen LogP contribution is -2.38. The number of nitrogens with zero attached hydrogens (tertiary/aromatic N) is 4. The number of hydrogen-bond acceptors (Lipinski definition) is 5. The van der Waals surface area contributed by atoms with Gasteiger partial charge in [-0.05, 0) is 55.8 Å². The smallest absolute Gasteiger partial charge is 0.241 e. The Bertz CT molecular complexity index is 931. The maximum Gasteiger partial charge on any atom is 0.241 e. The van der Waals surface area contributed by atoms with Crippen LogP contribution in [0.1, 0.15) is 24.4 Å². The van der Waals surface area contributed by atoms with Gasteiger partial charge in [0.2, 0.25) is 5.91 Å². The second-order valence-corrected chi connectivity index (χ2v) is 7.07. The van der Waals surface area contributed by atoms with Gasteiger partial charge in [-0.2, -0.15) is 0 Å². The third-order valence-corrected chi connectivity index (χ3v) is 5.29. The Morgan fingerprint density at radius 3 is 2.64 bits per heavy atom. The number of nitrogens with one attached hydrogen (secondary N) is 1. The Morgan fingerprint density at radius 1 is 1.14 bits per heavy atom. The molecular weight excluding hydrogens is 354 g/mol. The van der Waals surface area contributed by atoms with Crippen LogP contribution < -0.4 is 10.1 Å². The van der Waals surface area contributed by atoms with Gasteiger partial charge in [-0.25, -0.2) is 4.68 Å². The molecule has 4 rings (SSSR count). The molecule has 1 N–H and O–H groups in total. The Balaban J connectivity index is 1.43. The van der Waals surface area contributed by atoms with E-state index < -0.39 is 0 Å². The minimum absolute atomic E-state index is 0.0617. The van der Waals surface area contributed by atoms with Gasteiger partial charge in [0.05, 0.1) is 18.7 Å². The summed E-state index contributed by atoms with van der Waals surface area (Å²) in [7, 11) is 1.67. The first-order valence-corrected chi connectivity index (χ1v) is 9.67. The number of carbonyl (C=O) groups excluding carboxylic acids is 1. The quantitative estimate of drug-likeness (QED) is 0.682. The number of aromatic nitrogens is 3. The zero-order valence-corrected chi connectivity index (χ0v) is 16.0. The fourth-order valence-corrected chi connectivity index (χ4v) is 3.77. The fourth-order valence-electron chi connectivity index (χ4n) is 3.77. The van der Waals surface area contributed by atoms with Crippen molar-refractivity contribution >= 4 is 16.9 Å². The molecule has 28 heavy (non-hydrogen) atoms. The molecule has 146 valence electrons. The number of benzene rings is 2. The Kier molecular flexibility index (Phi) is 5.53. The van der Waals surface area contributed by atoms with Crippen LogP contribution in [-0.4, -0.2) is 52.5 Å². The lowest BCUT2D eigenvalue weighted by molar-refractivity contribution is -0.122. The minimum atomic E-state index is -0.0617. The highest BCUT2D eigenvalue weighted by Crippen LogP contribution is 2.26. The van der Waals surface area contributed by atoms with Crippen molar-refractivity contribution in [1.82, 2.24) is 25.2 Å². The van der Waals surface area contributed by atoms with E-state index in [2.05, 4.69) is 32.7 Å². The van der Waals surface area contributed by atoms with E-state index in [-0.39, 0.29) is 18.5 Å². The summed E-state index contributed by atoms with van der Waals surface area (Å²) in [6, 6.07) is 15.9. The Labute approximate surface area is 164 Å². The van der Waals surface area contributed by atoms with Gasteiger partial charge in [-0.3, -0.25) is 9.69 Å². The maximum atomic E-state index is 12.6. The molecule has 7 heteroatoms. The molecule has 2 aromatic carbocycles. The molecule has 1 fully saturated rings. The molecule has 0 aliphatic carbocycles. The first-order valence-electron chi connectivity index (χ1n) is 9.67. The average molecular weight is 379 g/mol. The molecule has 2 heterocycles. The Morgan fingerprint density at radius 2 is 1.89 bits per heavy atom. The van der Waals surface area contributed by atoms with E-state index in [0.717, 1.165) is 29.9 Å². The minimum Gasteiger partial charge on any atom is -0.497 e. The van der Waals surface area contributed by atoms with Gasteiger partial charge >= 0.3 is 0 Å². The zero-order chi connectivity index (χ0) is 19.3. The third-order valence-electron chi connectivity index (χ3n) is 5.29. The molecule has 0 saturated carbocycles. The van der Waals surface area contributed by atoms with Crippen molar-refractivity contribution < 1.29 is 9.53 Å². The van der Waals surface area contributed by atoms with Crippen molar-refractivity contribution in [2.45, 2.75) is 25.4 Å². The van der Waals surface area contributed by atoms with Gasteiger partial charge in [-0.1, -0.05) is 29.5 Å². The second kappa shape index (κ2) is 8.39. The number of methoxy groups -OCH3 is 1. The summed E-state index contributed by atoms with van der Waals surface area (Å²) < 4.78 is 6.91. The molecule has 1 saturated heterocycles. The van der Waals surface area contributed by atoms with Crippen LogP contribution in [0.25, 0.3) is 11.0 Å². The number of fused-ring (bicyclic) bond motifs is 1. The molecule has 1 amide bonds. The summed E-state index contributed by atoms with van der Waals surface area (Å²) in [5.74, 6) is 0.777. The topological polar surface area (TPSA) is 72.3 Å². The maximum absolute atomic E-state index is 12.6. The van der Waals surface area contributed by atoms with E-state index in [4.69, 9.17) is 4.74 Å². The van der Waals surface area contributed by atoms with Crippen LogP contribution in [0.3, 0.4) is 0 Å². The van der Waals surface area contributed by atoms with Gasteiger partial charge in [0.15, 0.2) is 0 Å². The monoisotopic (exact) mass is 379 g/mol. The van der Waals surface area contributed by atoms with Crippen molar-refractivity contribution in [2.24, 2.45) is 0 Å². The number of carbonyl (C=O) groups is 1. The number of likely N-dealkylation sites (tertiary alicyclic amines) is 1. The molecule has 0 spiro atoms. The molecule has 1 aromatic heterocycles. The predicted molar refractivity (Wildman–Crippen MR) is 107 cm³/mol. The number of para-hydroxylation sites is 1. The first-order chi connectivity index (χ1) is 13.7. The summed E-state index contributed by atoms with van der Waals surface area (Å²) in [4.78, 5) is 15.0. The number of ether oxygens (including phenoxy) is 1.